The van der Waals surface area contributed by atoms with E-state index in [1.165, 1.54) is 27.1 Å². The van der Waals surface area contributed by atoms with E-state index in [1.807, 2.05) is 0 Å². The van der Waals surface area contributed by atoms with Gasteiger partial charge in [-0.1, -0.05) is 111 Å². The van der Waals surface area contributed by atoms with Crippen LogP contribution < -0.4 is 35.2 Å². The summed E-state index contributed by atoms with van der Waals surface area (Å²) in [5, 5.41) is 2.90. The zero-order valence-corrected chi connectivity index (χ0v) is 24.2. The van der Waals surface area contributed by atoms with Crippen LogP contribution in [0.1, 0.15) is 53.4 Å². The normalized spacial score (nSPS) is 16.5. The zero-order chi connectivity index (χ0) is 21.9. The number of nitrogens with one attached hydrogen (secondary N) is 1. The SMILES string of the molecule is CC1=[C-]C(C)C(C)=C1C.[Cl-].[Cl-].[NH-]C(=O)C1CCCC1.[Ti+4].c1ccc([SiH]c2ccccc2)cc1. The molecule has 1 unspecified atom stereocenters. The van der Waals surface area contributed by atoms with E-state index in [0.29, 0.717) is 5.92 Å². The Morgan fingerprint density at radius 2 is 1.30 bits per heavy atom. The number of allylic oxidation sites excluding steroid dienone is 4. The van der Waals surface area contributed by atoms with Crippen molar-refractivity contribution in [3.05, 3.63) is 89.2 Å². The second-order valence-electron chi connectivity index (χ2n) is 8.11. The van der Waals surface area contributed by atoms with Crippen molar-refractivity contribution in [2.24, 2.45) is 11.8 Å². The fraction of sp³-hybridized carbons (Fsp3) is 0.370. The van der Waals surface area contributed by atoms with Crippen molar-refractivity contribution >= 4 is 25.8 Å². The van der Waals surface area contributed by atoms with Crippen molar-refractivity contribution < 1.29 is 51.3 Å². The van der Waals surface area contributed by atoms with Crippen LogP contribution in [0.3, 0.4) is 0 Å². The van der Waals surface area contributed by atoms with E-state index in [2.05, 4.69) is 94.4 Å². The molecule has 2 aromatic rings. The third-order valence-corrected chi connectivity index (χ3v) is 7.33. The van der Waals surface area contributed by atoms with Crippen molar-refractivity contribution in [3.63, 3.8) is 0 Å². The third-order valence-electron chi connectivity index (χ3n) is 5.89. The van der Waals surface area contributed by atoms with Gasteiger partial charge in [0.15, 0.2) is 0 Å². The molecule has 1 amide bonds. The number of rotatable bonds is 3. The van der Waals surface area contributed by atoms with Gasteiger partial charge in [0.1, 0.15) is 9.52 Å². The topological polar surface area (TPSA) is 40.9 Å². The van der Waals surface area contributed by atoms with Gasteiger partial charge in [-0.25, -0.2) is 5.57 Å². The molecule has 175 valence electrons. The van der Waals surface area contributed by atoms with Crippen LogP contribution in [-0.2, 0) is 26.5 Å². The Hall–Kier alpha value is -1.10. The summed E-state index contributed by atoms with van der Waals surface area (Å²) in [4.78, 5) is 10.3. The van der Waals surface area contributed by atoms with E-state index >= 15 is 0 Å². The first kappa shape index (κ1) is 34.1. The maximum Gasteiger partial charge on any atom is 4.00 e. The fourth-order valence-electron chi connectivity index (χ4n) is 3.64. The minimum absolute atomic E-state index is 0. The molecule has 1 atom stereocenters. The Morgan fingerprint density at radius 1 is 0.879 bits per heavy atom. The summed E-state index contributed by atoms with van der Waals surface area (Å²) in [5.74, 6) is 0.294. The van der Waals surface area contributed by atoms with Crippen LogP contribution in [0.25, 0.3) is 5.73 Å². The van der Waals surface area contributed by atoms with Crippen molar-refractivity contribution in [2.75, 3.05) is 0 Å². The molecule has 1 saturated carbocycles. The Labute approximate surface area is 230 Å². The van der Waals surface area contributed by atoms with Crippen molar-refractivity contribution in [1.82, 2.24) is 0 Å². The van der Waals surface area contributed by atoms with E-state index in [9.17, 15) is 4.79 Å². The number of hydrogen-bond acceptors (Lipinski definition) is 1. The quantitative estimate of drug-likeness (QED) is 0.388. The number of halogens is 2. The van der Waals surface area contributed by atoms with Gasteiger partial charge in [0.05, 0.1) is 5.91 Å². The van der Waals surface area contributed by atoms with Crippen LogP contribution in [0.2, 0.25) is 0 Å². The minimum atomic E-state index is -0.359. The van der Waals surface area contributed by atoms with E-state index < -0.39 is 0 Å². The van der Waals surface area contributed by atoms with Gasteiger partial charge in [0, 0.05) is 5.92 Å². The van der Waals surface area contributed by atoms with Gasteiger partial charge < -0.3 is 35.3 Å². The van der Waals surface area contributed by atoms with Crippen LogP contribution in [0, 0.1) is 17.9 Å². The van der Waals surface area contributed by atoms with E-state index in [1.54, 1.807) is 0 Å². The van der Waals surface area contributed by atoms with Crippen LogP contribution in [0.4, 0.5) is 0 Å². The predicted molar refractivity (Wildman–Crippen MR) is 131 cm³/mol. The molecule has 6 heteroatoms. The first-order valence-corrected chi connectivity index (χ1v) is 12.0. The summed E-state index contributed by atoms with van der Waals surface area (Å²) in [6.45, 7) is 8.67. The number of carbonyl (C=O) groups excluding carboxylic acids is 1. The van der Waals surface area contributed by atoms with Crippen LogP contribution in [0.15, 0.2) is 77.4 Å². The molecule has 0 heterocycles. The Morgan fingerprint density at radius 3 is 1.55 bits per heavy atom. The van der Waals surface area contributed by atoms with Crippen molar-refractivity contribution in [3.8, 4) is 0 Å². The van der Waals surface area contributed by atoms with Crippen molar-refractivity contribution in [2.45, 2.75) is 53.4 Å². The molecule has 2 nitrogen and oxygen atoms in total. The molecule has 33 heavy (non-hydrogen) atoms. The fourth-order valence-corrected chi connectivity index (χ4v) is 4.86. The third kappa shape index (κ3) is 12.3. The average Bonchev–Trinajstić information content (AvgIpc) is 3.37. The minimum Gasteiger partial charge on any atom is -1.00 e. The maximum atomic E-state index is 10.3. The molecule has 1 N–H and O–H groups in total. The molecule has 0 spiro atoms. The van der Waals surface area contributed by atoms with Gasteiger partial charge in [0.25, 0.3) is 0 Å². The molecule has 0 aromatic heterocycles. The Bertz CT molecular complexity index is 829. The first-order valence-electron chi connectivity index (χ1n) is 10.9. The molecule has 2 aliphatic carbocycles. The summed E-state index contributed by atoms with van der Waals surface area (Å²) in [6.07, 6.45) is 7.58. The molecule has 4 rings (SSSR count). The van der Waals surface area contributed by atoms with Gasteiger partial charge in [-0.15, -0.1) is 6.92 Å². The number of hydrogen-bond donors (Lipinski definition) is 0. The summed E-state index contributed by atoms with van der Waals surface area (Å²) in [7, 11) is 0.271. The van der Waals surface area contributed by atoms with Crippen molar-refractivity contribution in [1.29, 1.82) is 0 Å². The van der Waals surface area contributed by atoms with Gasteiger partial charge >= 0.3 is 21.7 Å². The van der Waals surface area contributed by atoms with E-state index in [4.69, 9.17) is 5.73 Å². The van der Waals surface area contributed by atoms with Gasteiger partial charge in [0.2, 0.25) is 0 Å². The summed E-state index contributed by atoms with van der Waals surface area (Å²) >= 11 is 0. The molecule has 2 aliphatic rings. The second-order valence-corrected chi connectivity index (χ2v) is 9.73. The monoisotopic (exact) mass is 534 g/mol. The molecule has 0 aliphatic heterocycles. The number of benzene rings is 2. The number of amides is 1. The molecular formula is C27H34Cl2NOSiTi. The molecule has 0 bridgehead atoms. The number of carbonyl (C=O) groups is 1. The molecular weight excluding hydrogens is 501 g/mol. The predicted octanol–water partition coefficient (Wildman–Crippen LogP) is -0.443. The van der Waals surface area contributed by atoms with Crippen LogP contribution in [0.5, 0.6) is 0 Å². The van der Waals surface area contributed by atoms with Gasteiger partial charge in [-0.05, 0) is 12.8 Å². The largest absolute Gasteiger partial charge is 4.00 e. The summed E-state index contributed by atoms with van der Waals surface area (Å²) < 4.78 is 0. The van der Waals surface area contributed by atoms with Gasteiger partial charge in [-0.3, -0.25) is 6.08 Å². The Kier molecular flexibility index (Phi) is 18.8. The molecule has 1 radical (unpaired) electrons. The smallest absolute Gasteiger partial charge is 1.00 e. The standard InChI is InChI=1S/C12H11Si.C9H13.C6H11NO.2ClH.Ti/c1-3-7-11(8-4-1)13-12-9-5-2-6-10-12;1-6-5-7(2)9(4)8(6)3;7-6(8)5-3-1-2-4-5;;;/h1-10,13H;6H,1-4H3;5H,1-4H2,(H2,7,8);2*1H;/q;-1;;;;+4/p-3. The Balaban J connectivity index is 0. The molecule has 0 saturated heterocycles. The van der Waals surface area contributed by atoms with Crippen LogP contribution >= 0.6 is 0 Å². The zero-order valence-electron chi connectivity index (χ0n) is 20.0. The van der Waals surface area contributed by atoms with Gasteiger partial charge in [-0.2, -0.15) is 11.1 Å². The van der Waals surface area contributed by atoms with Crippen LogP contribution in [-0.4, -0.2) is 15.4 Å². The molecule has 2 aromatic carbocycles. The summed E-state index contributed by atoms with van der Waals surface area (Å²) in [5.41, 5.74) is 11.0. The first-order chi connectivity index (χ1) is 14.4. The maximum absolute atomic E-state index is 10.3. The average molecular weight is 535 g/mol. The summed E-state index contributed by atoms with van der Waals surface area (Å²) in [6, 6.07) is 21.3. The van der Waals surface area contributed by atoms with E-state index in [-0.39, 0.29) is 67.9 Å². The van der Waals surface area contributed by atoms with E-state index in [0.717, 1.165) is 25.7 Å². The second kappa shape index (κ2) is 18.3. The molecule has 1 fully saturated rings.